The highest BCUT2D eigenvalue weighted by molar-refractivity contribution is 5.84. The van der Waals surface area contributed by atoms with Crippen molar-refractivity contribution in [1.29, 1.82) is 0 Å². The predicted octanol–water partition coefficient (Wildman–Crippen LogP) is 1.85. The first kappa shape index (κ1) is 23.1. The summed E-state index contributed by atoms with van der Waals surface area (Å²) < 4.78 is 15.0. The maximum absolute atomic E-state index is 11.9. The normalized spacial score (nSPS) is 10.7. The molecule has 0 radical (unpaired) electrons. The molecule has 0 N–H and O–H groups in total. The minimum atomic E-state index is -0.695. The number of hydrogen-bond donors (Lipinski definition) is 0. The first-order valence-electron chi connectivity index (χ1n) is 8.88. The third kappa shape index (κ3) is 10.3. The first-order valence-corrected chi connectivity index (χ1v) is 8.88. The molecule has 0 atom stereocenters. The van der Waals surface area contributed by atoms with E-state index < -0.39 is 36.0 Å². The van der Waals surface area contributed by atoms with Crippen molar-refractivity contribution in [3.63, 3.8) is 0 Å². The van der Waals surface area contributed by atoms with Crippen molar-refractivity contribution in [2.24, 2.45) is 0 Å². The molecule has 0 aliphatic rings. The van der Waals surface area contributed by atoms with Gasteiger partial charge in [-0.1, -0.05) is 30.3 Å². The third-order valence-corrected chi connectivity index (χ3v) is 3.34. The van der Waals surface area contributed by atoms with Gasteiger partial charge in [0.1, 0.15) is 18.8 Å². The van der Waals surface area contributed by atoms with Crippen LogP contribution < -0.4 is 0 Å². The summed E-state index contributed by atoms with van der Waals surface area (Å²) in [6.45, 7) is 4.51. The Hall–Kier alpha value is -2.90. The summed E-state index contributed by atoms with van der Waals surface area (Å²) >= 11 is 0. The van der Waals surface area contributed by atoms with Gasteiger partial charge in [-0.15, -0.1) is 0 Å². The molecule has 0 fully saturated rings. The lowest BCUT2D eigenvalue weighted by molar-refractivity contribution is -0.159. The van der Waals surface area contributed by atoms with E-state index >= 15 is 0 Å². The smallest absolute Gasteiger partial charge is 0.325 e. The molecule has 1 rings (SSSR count). The number of benzene rings is 1. The molecular formula is C20H27NO7. The van der Waals surface area contributed by atoms with Gasteiger partial charge in [-0.25, -0.2) is 0 Å². The summed E-state index contributed by atoms with van der Waals surface area (Å²) in [6, 6.07) is 9.15. The molecule has 0 aliphatic carbocycles. The average molecular weight is 393 g/mol. The molecule has 1 aromatic carbocycles. The van der Waals surface area contributed by atoms with Crippen molar-refractivity contribution in [2.75, 3.05) is 20.2 Å². The molecule has 0 aliphatic heterocycles. The summed E-state index contributed by atoms with van der Waals surface area (Å²) in [5.74, 6) is -2.34. The molecule has 0 heterocycles. The molecule has 0 spiro atoms. The predicted molar refractivity (Wildman–Crippen MR) is 99.9 cm³/mol. The summed E-state index contributed by atoms with van der Waals surface area (Å²) in [7, 11) is 1.40. The molecular weight excluding hydrogens is 366 g/mol. The van der Waals surface area contributed by atoms with Gasteiger partial charge in [0, 0.05) is 7.05 Å². The van der Waals surface area contributed by atoms with Gasteiger partial charge >= 0.3 is 17.9 Å². The van der Waals surface area contributed by atoms with Crippen LogP contribution in [0.4, 0.5) is 0 Å². The fourth-order valence-electron chi connectivity index (χ4n) is 1.99. The monoisotopic (exact) mass is 393 g/mol. The van der Waals surface area contributed by atoms with Crippen LogP contribution in [0, 0.1) is 0 Å². The van der Waals surface area contributed by atoms with E-state index in [2.05, 4.69) is 0 Å². The highest BCUT2D eigenvalue weighted by Crippen LogP contribution is 2.09. The Morgan fingerprint density at radius 1 is 0.893 bits per heavy atom. The largest absolute Gasteiger partial charge is 0.460 e. The topological polar surface area (TPSA) is 99.2 Å². The van der Waals surface area contributed by atoms with Crippen LogP contribution in [0.2, 0.25) is 0 Å². The molecule has 0 saturated carbocycles. The second-order valence-corrected chi connectivity index (χ2v) is 7.14. The lowest BCUT2D eigenvalue weighted by Gasteiger charge is -2.19. The van der Waals surface area contributed by atoms with Crippen LogP contribution in [-0.2, 0) is 40.0 Å². The number of hydrogen-bond acceptors (Lipinski definition) is 7. The van der Waals surface area contributed by atoms with Gasteiger partial charge < -0.3 is 19.1 Å². The molecule has 0 bridgehead atoms. The van der Waals surface area contributed by atoms with Crippen molar-refractivity contribution in [3.8, 4) is 0 Å². The van der Waals surface area contributed by atoms with Gasteiger partial charge in [0.05, 0.1) is 12.8 Å². The van der Waals surface area contributed by atoms with Crippen molar-refractivity contribution >= 4 is 23.8 Å². The maximum Gasteiger partial charge on any atom is 0.325 e. The molecule has 154 valence electrons. The molecule has 0 aromatic heterocycles. The van der Waals surface area contributed by atoms with E-state index in [9.17, 15) is 19.2 Å². The summed E-state index contributed by atoms with van der Waals surface area (Å²) in [5, 5.41) is 0. The van der Waals surface area contributed by atoms with Gasteiger partial charge in [-0.2, -0.15) is 0 Å². The van der Waals surface area contributed by atoms with E-state index in [1.165, 1.54) is 7.05 Å². The SMILES string of the molecule is CN(CC(=O)OCc1ccccc1)C(=O)COC(=O)CCC(=O)OC(C)(C)C. The van der Waals surface area contributed by atoms with Gasteiger partial charge in [-0.3, -0.25) is 19.2 Å². The Morgan fingerprint density at radius 2 is 1.50 bits per heavy atom. The van der Waals surface area contributed by atoms with Crippen LogP contribution in [0.5, 0.6) is 0 Å². The molecule has 8 heteroatoms. The molecule has 28 heavy (non-hydrogen) atoms. The second kappa shape index (κ2) is 11.1. The van der Waals surface area contributed by atoms with Crippen molar-refractivity contribution in [3.05, 3.63) is 35.9 Å². The first-order chi connectivity index (χ1) is 13.1. The zero-order valence-electron chi connectivity index (χ0n) is 16.7. The van der Waals surface area contributed by atoms with Gasteiger partial charge in [0.2, 0.25) is 0 Å². The molecule has 0 unspecified atom stereocenters. The number of rotatable bonds is 9. The Labute approximate surface area is 164 Å². The lowest BCUT2D eigenvalue weighted by Crippen LogP contribution is -2.36. The van der Waals surface area contributed by atoms with Gasteiger partial charge in [0.15, 0.2) is 6.61 Å². The molecule has 0 saturated heterocycles. The standard InChI is InChI=1S/C20H27NO7/c1-20(2,3)28-18(24)11-10-17(23)27-14-16(22)21(4)12-19(25)26-13-15-8-6-5-7-9-15/h5-9H,10-14H2,1-4H3. The van der Waals surface area contributed by atoms with Crippen molar-refractivity contribution < 1.29 is 33.4 Å². The van der Waals surface area contributed by atoms with E-state index in [1.54, 1.807) is 20.8 Å². The lowest BCUT2D eigenvalue weighted by atomic mass is 10.2. The van der Waals surface area contributed by atoms with E-state index in [1.807, 2.05) is 30.3 Å². The number of esters is 3. The van der Waals surface area contributed by atoms with Crippen molar-refractivity contribution in [2.45, 2.75) is 45.8 Å². The van der Waals surface area contributed by atoms with Crippen molar-refractivity contribution in [1.82, 2.24) is 4.90 Å². The molecule has 1 amide bonds. The third-order valence-electron chi connectivity index (χ3n) is 3.34. The summed E-state index contributed by atoms with van der Waals surface area (Å²) in [6.07, 6.45) is -0.322. The zero-order valence-corrected chi connectivity index (χ0v) is 16.7. The van der Waals surface area contributed by atoms with E-state index in [-0.39, 0.29) is 26.0 Å². The van der Waals surface area contributed by atoms with Crippen LogP contribution in [0.1, 0.15) is 39.2 Å². The van der Waals surface area contributed by atoms with E-state index in [4.69, 9.17) is 14.2 Å². The van der Waals surface area contributed by atoms with Crippen LogP contribution >= 0.6 is 0 Å². The fourth-order valence-corrected chi connectivity index (χ4v) is 1.99. The number of ether oxygens (including phenoxy) is 3. The minimum Gasteiger partial charge on any atom is -0.460 e. The molecule has 1 aromatic rings. The summed E-state index contributed by atoms with van der Waals surface area (Å²) in [5.41, 5.74) is 0.207. The Kier molecular flexibility index (Phi) is 9.14. The minimum absolute atomic E-state index is 0.112. The van der Waals surface area contributed by atoms with Crippen LogP contribution in [0.25, 0.3) is 0 Å². The number of carbonyl (C=O) groups is 4. The highest BCUT2D eigenvalue weighted by Gasteiger charge is 2.19. The van der Waals surface area contributed by atoms with Gasteiger partial charge in [0.25, 0.3) is 5.91 Å². The van der Waals surface area contributed by atoms with Gasteiger partial charge in [-0.05, 0) is 26.3 Å². The van der Waals surface area contributed by atoms with E-state index in [0.29, 0.717) is 0 Å². The summed E-state index contributed by atoms with van der Waals surface area (Å²) in [4.78, 5) is 48.0. The van der Waals surface area contributed by atoms with E-state index in [0.717, 1.165) is 10.5 Å². The Bertz CT molecular complexity index is 680. The van der Waals surface area contributed by atoms with Crippen LogP contribution in [0.3, 0.4) is 0 Å². The highest BCUT2D eigenvalue weighted by atomic mass is 16.6. The second-order valence-electron chi connectivity index (χ2n) is 7.14. The number of amides is 1. The number of likely N-dealkylation sites (N-methyl/N-ethyl adjacent to an activating group) is 1. The van der Waals surface area contributed by atoms with Crippen LogP contribution in [-0.4, -0.2) is 54.5 Å². The molecule has 8 nitrogen and oxygen atoms in total. The Balaban J connectivity index is 2.25. The average Bonchev–Trinajstić information content (AvgIpc) is 2.62. The fraction of sp³-hybridized carbons (Fsp3) is 0.500. The van der Waals surface area contributed by atoms with Crippen LogP contribution in [0.15, 0.2) is 30.3 Å². The number of nitrogens with zero attached hydrogens (tertiary/aromatic N) is 1. The quantitative estimate of drug-likeness (QED) is 0.466. The Morgan fingerprint density at radius 3 is 2.11 bits per heavy atom. The number of carbonyl (C=O) groups excluding carboxylic acids is 4. The zero-order chi connectivity index (χ0) is 21.2. The maximum atomic E-state index is 11.9.